The first-order valence-electron chi connectivity index (χ1n) is 18.8. The van der Waals surface area contributed by atoms with E-state index >= 15 is 0 Å². The van der Waals surface area contributed by atoms with Gasteiger partial charge in [-0.1, -0.05) is 48.1 Å². The molecule has 0 bridgehead atoms. The van der Waals surface area contributed by atoms with Crippen LogP contribution < -0.4 is 10.6 Å². The molecular weight excluding hydrogens is 688 g/mol. The fourth-order valence-corrected chi connectivity index (χ4v) is 8.45. The average Bonchev–Trinajstić information content (AvgIpc) is 3.03. The third kappa shape index (κ3) is 19.0. The van der Waals surface area contributed by atoms with Crippen molar-refractivity contribution in [2.45, 2.75) is 131 Å². The molecular formula is C39H66N2O12. The molecule has 0 saturated heterocycles. The highest BCUT2D eigenvalue weighted by Gasteiger charge is 2.43. The summed E-state index contributed by atoms with van der Waals surface area (Å²) in [6, 6.07) is -0.227. The van der Waals surface area contributed by atoms with Gasteiger partial charge in [-0.05, 0) is 80.0 Å². The molecule has 2 aliphatic carbocycles. The lowest BCUT2D eigenvalue weighted by Crippen LogP contribution is -2.47. The van der Waals surface area contributed by atoms with Gasteiger partial charge in [-0.3, -0.25) is 9.59 Å². The molecule has 2 saturated carbocycles. The van der Waals surface area contributed by atoms with Crippen molar-refractivity contribution < 1.29 is 57.1 Å². The number of esters is 3. The van der Waals surface area contributed by atoms with Crippen LogP contribution in [0.25, 0.3) is 0 Å². The van der Waals surface area contributed by atoms with Crippen molar-refractivity contribution in [3.05, 3.63) is 12.7 Å². The number of hydrogen-bond donors (Lipinski definition) is 2. The minimum absolute atomic E-state index is 0.0319. The predicted octanol–water partition coefficient (Wildman–Crippen LogP) is 6.04. The van der Waals surface area contributed by atoms with E-state index in [1.54, 1.807) is 14.0 Å². The summed E-state index contributed by atoms with van der Waals surface area (Å²) in [4.78, 5) is 61.4. The van der Waals surface area contributed by atoms with Gasteiger partial charge in [0.15, 0.2) is 0 Å². The highest BCUT2D eigenvalue weighted by atomic mass is 16.6. The number of alkyl carbamates (subject to hydrolysis) is 2. The molecule has 14 nitrogen and oxygen atoms in total. The summed E-state index contributed by atoms with van der Waals surface area (Å²) in [5, 5.41) is 5.97. The van der Waals surface area contributed by atoms with E-state index in [0.29, 0.717) is 25.9 Å². The van der Waals surface area contributed by atoms with E-state index in [-0.39, 0.29) is 98.2 Å². The molecule has 2 aliphatic rings. The maximum atomic E-state index is 12.8. The van der Waals surface area contributed by atoms with Crippen LogP contribution in [0.15, 0.2) is 12.7 Å². The number of carbonyl (C=O) groups is 5. The second kappa shape index (κ2) is 21.5. The number of amides is 2. The molecule has 304 valence electrons. The number of methoxy groups -OCH3 is 1. The normalized spacial score (nSPS) is 25.2. The highest BCUT2D eigenvalue weighted by Crippen LogP contribution is 2.49. The summed E-state index contributed by atoms with van der Waals surface area (Å²) in [5.74, 6) is -1.21. The predicted molar refractivity (Wildman–Crippen MR) is 197 cm³/mol. The highest BCUT2D eigenvalue weighted by molar-refractivity contribution is 5.81. The lowest BCUT2D eigenvalue weighted by Gasteiger charge is -2.46. The molecule has 2 fully saturated rings. The zero-order chi connectivity index (χ0) is 39.7. The molecule has 5 atom stereocenters. The first-order valence-corrected chi connectivity index (χ1v) is 18.8. The molecule has 2 rings (SSSR count). The lowest BCUT2D eigenvalue weighted by atomic mass is 9.61. The Hall–Kier alpha value is -3.39. The molecule has 0 aromatic carbocycles. The molecule has 0 radical (unpaired) electrons. The number of ether oxygens (including phenoxy) is 7. The van der Waals surface area contributed by atoms with Crippen LogP contribution in [-0.4, -0.2) is 102 Å². The van der Waals surface area contributed by atoms with Crippen molar-refractivity contribution in [1.29, 1.82) is 0 Å². The van der Waals surface area contributed by atoms with Crippen molar-refractivity contribution in [3.8, 4) is 0 Å². The fourth-order valence-electron chi connectivity index (χ4n) is 8.45. The van der Waals surface area contributed by atoms with Crippen molar-refractivity contribution in [1.82, 2.24) is 10.6 Å². The molecule has 0 aromatic heterocycles. The second-order valence-electron chi connectivity index (χ2n) is 17.0. The first kappa shape index (κ1) is 45.8. The Bertz CT molecular complexity index is 1220. The van der Waals surface area contributed by atoms with E-state index < -0.39 is 24.3 Å². The fraction of sp³-hybridized carbons (Fsp3) is 0.821. The Kier molecular flexibility index (Phi) is 18.6. The second-order valence-corrected chi connectivity index (χ2v) is 17.0. The van der Waals surface area contributed by atoms with Crippen LogP contribution in [0, 0.1) is 21.7 Å². The van der Waals surface area contributed by atoms with Gasteiger partial charge in [0.05, 0.1) is 19.8 Å². The van der Waals surface area contributed by atoms with Gasteiger partial charge in [0, 0.05) is 38.1 Å². The van der Waals surface area contributed by atoms with Crippen molar-refractivity contribution >= 4 is 30.1 Å². The van der Waals surface area contributed by atoms with Gasteiger partial charge < -0.3 is 43.8 Å². The minimum Gasteiger partial charge on any atom is -0.463 e. The Morgan fingerprint density at radius 2 is 1.17 bits per heavy atom. The standard InChI is InChI=1S/C39H66N2O12/c1-10-31(42)49-19-16-48-17-20-50-32(43)11-13-38(7)24-30(22-37(5,6)26-38)41-35(46)52-25-28(2)53-33(44)12-14-39(8)23-29(21-36(3,4)27-39)40-34(45)51-18-15-47-9/h10,28-30H,1,11-27H2,2-9H3,(H,40,45)(H,41,46). The van der Waals surface area contributed by atoms with Gasteiger partial charge in [-0.25, -0.2) is 14.4 Å². The third-order valence-electron chi connectivity index (χ3n) is 9.83. The number of hydrogen-bond acceptors (Lipinski definition) is 12. The summed E-state index contributed by atoms with van der Waals surface area (Å²) >= 11 is 0. The molecule has 0 aliphatic heterocycles. The minimum atomic E-state index is -0.626. The maximum Gasteiger partial charge on any atom is 0.407 e. The molecule has 2 amide bonds. The zero-order valence-corrected chi connectivity index (χ0v) is 33.4. The van der Waals surface area contributed by atoms with Crippen molar-refractivity contribution in [3.63, 3.8) is 0 Å². The number of nitrogens with one attached hydrogen (secondary N) is 2. The summed E-state index contributed by atoms with van der Waals surface area (Å²) in [5.41, 5.74) is -0.501. The van der Waals surface area contributed by atoms with Gasteiger partial charge in [-0.15, -0.1) is 0 Å². The SMILES string of the molecule is C=CC(=O)OCCOCCOC(=O)CCC1(C)CC(NC(=O)OCC(C)OC(=O)CCC2(C)CC(NC(=O)OCCOC)CC(C)(C)C2)CC(C)(C)C1. The monoisotopic (exact) mass is 754 g/mol. The maximum absolute atomic E-state index is 12.8. The Balaban J connectivity index is 1.73. The summed E-state index contributed by atoms with van der Waals surface area (Å²) in [6.45, 7) is 18.9. The van der Waals surface area contributed by atoms with Crippen LogP contribution in [0.2, 0.25) is 0 Å². The van der Waals surface area contributed by atoms with Crippen LogP contribution in [-0.2, 0) is 47.5 Å². The van der Waals surface area contributed by atoms with Crippen LogP contribution in [0.1, 0.15) is 113 Å². The molecule has 0 aromatic rings. The van der Waals surface area contributed by atoms with Gasteiger partial charge in [0.1, 0.15) is 32.5 Å². The summed E-state index contributed by atoms with van der Waals surface area (Å²) < 4.78 is 36.6. The molecule has 53 heavy (non-hydrogen) atoms. The Labute approximate surface area is 316 Å². The van der Waals surface area contributed by atoms with E-state index in [1.807, 2.05) is 0 Å². The van der Waals surface area contributed by atoms with Gasteiger partial charge in [0.2, 0.25) is 0 Å². The van der Waals surface area contributed by atoms with E-state index in [4.69, 9.17) is 33.2 Å². The topological polar surface area (TPSA) is 174 Å². The van der Waals surface area contributed by atoms with Gasteiger partial charge >= 0.3 is 30.1 Å². The quantitative estimate of drug-likeness (QED) is 0.0603. The summed E-state index contributed by atoms with van der Waals surface area (Å²) in [6.07, 6.45) is 5.80. The largest absolute Gasteiger partial charge is 0.463 e. The van der Waals surface area contributed by atoms with Crippen LogP contribution in [0.4, 0.5) is 9.59 Å². The van der Waals surface area contributed by atoms with Crippen LogP contribution in [0.3, 0.4) is 0 Å². The van der Waals surface area contributed by atoms with Crippen LogP contribution >= 0.6 is 0 Å². The average molecular weight is 755 g/mol. The first-order chi connectivity index (χ1) is 24.8. The van der Waals surface area contributed by atoms with Crippen molar-refractivity contribution in [2.75, 3.05) is 53.4 Å². The Morgan fingerprint density at radius 1 is 0.679 bits per heavy atom. The molecule has 2 N–H and O–H groups in total. The zero-order valence-electron chi connectivity index (χ0n) is 33.4. The number of rotatable bonds is 21. The molecule has 5 unspecified atom stereocenters. The van der Waals surface area contributed by atoms with E-state index in [9.17, 15) is 24.0 Å². The van der Waals surface area contributed by atoms with E-state index in [2.05, 4.69) is 58.8 Å². The molecule has 14 heteroatoms. The molecule has 0 spiro atoms. The van der Waals surface area contributed by atoms with E-state index in [1.165, 1.54) is 0 Å². The smallest absolute Gasteiger partial charge is 0.407 e. The third-order valence-corrected chi connectivity index (χ3v) is 9.83. The lowest BCUT2D eigenvalue weighted by molar-refractivity contribution is -0.151. The molecule has 0 heterocycles. The summed E-state index contributed by atoms with van der Waals surface area (Å²) in [7, 11) is 1.55. The van der Waals surface area contributed by atoms with Crippen LogP contribution in [0.5, 0.6) is 0 Å². The van der Waals surface area contributed by atoms with Gasteiger partial charge in [-0.2, -0.15) is 0 Å². The van der Waals surface area contributed by atoms with Gasteiger partial charge in [0.25, 0.3) is 0 Å². The Morgan fingerprint density at radius 3 is 1.70 bits per heavy atom. The van der Waals surface area contributed by atoms with E-state index in [0.717, 1.165) is 38.2 Å². The van der Waals surface area contributed by atoms with Crippen molar-refractivity contribution in [2.24, 2.45) is 21.7 Å². The number of carbonyl (C=O) groups excluding carboxylic acids is 5.